The number of benzene rings is 2. The molecular weight excluding hydrogens is 408 g/mol. The van der Waals surface area contributed by atoms with E-state index in [2.05, 4.69) is 28.2 Å². The molecule has 1 atom stereocenters. The lowest BCUT2D eigenvalue weighted by Crippen LogP contribution is -2.08. The van der Waals surface area contributed by atoms with Crippen molar-refractivity contribution in [2.24, 2.45) is 0 Å². The fourth-order valence-electron chi connectivity index (χ4n) is 1.75. The van der Waals surface area contributed by atoms with Crippen LogP contribution in [-0.4, -0.2) is 0 Å². The van der Waals surface area contributed by atoms with Crippen LogP contribution in [0.3, 0.4) is 0 Å². The summed E-state index contributed by atoms with van der Waals surface area (Å²) in [5, 5.41) is 3.33. The van der Waals surface area contributed by atoms with E-state index in [0.717, 1.165) is 15.7 Å². The van der Waals surface area contributed by atoms with Crippen molar-refractivity contribution in [2.75, 3.05) is 5.32 Å². The fourth-order valence-corrected chi connectivity index (χ4v) is 2.90. The van der Waals surface area contributed by atoms with Crippen LogP contribution in [0.15, 0.2) is 46.9 Å². The third kappa shape index (κ3) is 3.03. The number of hydrogen-bond donors (Lipinski definition) is 1. The van der Waals surface area contributed by atoms with E-state index in [1.807, 2.05) is 52.9 Å². The summed E-state index contributed by atoms with van der Waals surface area (Å²) in [5.74, 6) is -0.195. The predicted octanol–water partition coefficient (Wildman–Crippen LogP) is 5.37. The molecule has 2 aromatic carbocycles. The van der Waals surface area contributed by atoms with Crippen molar-refractivity contribution in [3.8, 4) is 0 Å². The number of hydrogen-bond acceptors (Lipinski definition) is 1. The third-order valence-corrected chi connectivity index (χ3v) is 4.51. The highest BCUT2D eigenvalue weighted by Gasteiger charge is 2.11. The van der Waals surface area contributed by atoms with Gasteiger partial charge in [-0.2, -0.15) is 0 Å². The van der Waals surface area contributed by atoms with Crippen LogP contribution in [0.5, 0.6) is 0 Å². The summed E-state index contributed by atoms with van der Waals surface area (Å²) in [6.45, 7) is 2.06. The van der Waals surface area contributed by atoms with E-state index < -0.39 is 0 Å². The van der Waals surface area contributed by atoms with Crippen molar-refractivity contribution in [3.05, 3.63) is 61.9 Å². The molecule has 0 spiro atoms. The molecule has 0 saturated heterocycles. The van der Waals surface area contributed by atoms with Crippen molar-refractivity contribution < 1.29 is 4.39 Å². The van der Waals surface area contributed by atoms with Gasteiger partial charge >= 0.3 is 0 Å². The van der Waals surface area contributed by atoms with Crippen molar-refractivity contribution in [2.45, 2.75) is 13.0 Å². The molecule has 0 aromatic heterocycles. The lowest BCUT2D eigenvalue weighted by atomic mass is 10.1. The second-order valence-corrected chi connectivity index (χ2v) is 5.92. The Morgan fingerprint density at radius 3 is 2.61 bits per heavy atom. The first kappa shape index (κ1) is 13.8. The number of halogens is 3. The van der Waals surface area contributed by atoms with Crippen LogP contribution in [0.1, 0.15) is 18.5 Å². The molecule has 0 aliphatic rings. The summed E-state index contributed by atoms with van der Waals surface area (Å²) >= 11 is 5.54. The van der Waals surface area contributed by atoms with Gasteiger partial charge in [0.2, 0.25) is 0 Å². The van der Waals surface area contributed by atoms with Crippen LogP contribution in [-0.2, 0) is 0 Å². The summed E-state index contributed by atoms with van der Waals surface area (Å²) in [4.78, 5) is 0. The molecule has 0 heterocycles. The second kappa shape index (κ2) is 6.02. The zero-order chi connectivity index (χ0) is 13.1. The Kier molecular flexibility index (Phi) is 4.61. The minimum Gasteiger partial charge on any atom is -0.378 e. The largest absolute Gasteiger partial charge is 0.378 e. The van der Waals surface area contributed by atoms with E-state index in [0.29, 0.717) is 3.57 Å². The number of rotatable bonds is 3. The van der Waals surface area contributed by atoms with Crippen molar-refractivity contribution in [1.82, 2.24) is 0 Å². The highest BCUT2D eigenvalue weighted by molar-refractivity contribution is 14.1. The Morgan fingerprint density at radius 2 is 1.89 bits per heavy atom. The average Bonchev–Trinajstić information content (AvgIpc) is 2.35. The van der Waals surface area contributed by atoms with Crippen LogP contribution in [0, 0.1) is 9.39 Å². The normalized spacial score (nSPS) is 12.2. The van der Waals surface area contributed by atoms with Crippen molar-refractivity contribution in [1.29, 1.82) is 0 Å². The van der Waals surface area contributed by atoms with Crippen LogP contribution in [0.2, 0.25) is 0 Å². The molecule has 0 aliphatic carbocycles. The first-order valence-corrected chi connectivity index (χ1v) is 7.41. The molecule has 4 heteroatoms. The van der Waals surface area contributed by atoms with Gasteiger partial charge in [0.15, 0.2) is 0 Å². The van der Waals surface area contributed by atoms with Gasteiger partial charge in [-0.3, -0.25) is 0 Å². The summed E-state index contributed by atoms with van der Waals surface area (Å²) < 4.78 is 15.1. The third-order valence-electron chi connectivity index (χ3n) is 2.70. The Balaban J connectivity index is 2.24. The smallest absolute Gasteiger partial charge is 0.138 e. The average molecular weight is 420 g/mol. The summed E-state index contributed by atoms with van der Waals surface area (Å²) in [6, 6.07) is 13.2. The molecule has 18 heavy (non-hydrogen) atoms. The molecule has 1 unspecified atom stereocenters. The second-order valence-electron chi connectivity index (χ2n) is 3.99. The zero-order valence-electron chi connectivity index (χ0n) is 9.75. The molecule has 1 nitrogen and oxygen atoms in total. The molecule has 2 rings (SSSR count). The van der Waals surface area contributed by atoms with Gasteiger partial charge in [0.25, 0.3) is 0 Å². The topological polar surface area (TPSA) is 12.0 Å². The first-order valence-electron chi connectivity index (χ1n) is 5.54. The van der Waals surface area contributed by atoms with E-state index in [4.69, 9.17) is 0 Å². The Bertz CT molecular complexity index is 559. The number of nitrogens with one attached hydrogen (secondary N) is 1. The van der Waals surface area contributed by atoms with E-state index in [9.17, 15) is 4.39 Å². The number of anilines is 1. The maximum absolute atomic E-state index is 13.5. The van der Waals surface area contributed by atoms with E-state index in [1.54, 1.807) is 6.07 Å². The standard InChI is InChI=1S/C14H12BrFIN/c1-9(10-5-2-3-6-11(10)15)18-13-8-4-7-12(16)14(13)17/h2-9,18H,1H3. The maximum Gasteiger partial charge on any atom is 0.138 e. The zero-order valence-corrected chi connectivity index (χ0v) is 13.5. The Morgan fingerprint density at radius 1 is 1.17 bits per heavy atom. The summed E-state index contributed by atoms with van der Waals surface area (Å²) in [6.07, 6.45) is 0. The molecular formula is C14H12BrFIN. The van der Waals surface area contributed by atoms with E-state index in [1.165, 1.54) is 6.07 Å². The van der Waals surface area contributed by atoms with Gasteiger partial charge in [0.1, 0.15) is 5.82 Å². The van der Waals surface area contributed by atoms with Gasteiger partial charge in [-0.25, -0.2) is 4.39 Å². The molecule has 1 N–H and O–H groups in total. The lowest BCUT2D eigenvalue weighted by Gasteiger charge is -2.18. The minimum atomic E-state index is -0.195. The molecule has 94 valence electrons. The quantitative estimate of drug-likeness (QED) is 0.660. The minimum absolute atomic E-state index is 0.107. The van der Waals surface area contributed by atoms with Crippen LogP contribution in [0.25, 0.3) is 0 Å². The van der Waals surface area contributed by atoms with Crippen molar-refractivity contribution >= 4 is 44.2 Å². The van der Waals surface area contributed by atoms with Crippen LogP contribution < -0.4 is 5.32 Å². The molecule has 0 radical (unpaired) electrons. The molecule has 0 fully saturated rings. The van der Waals surface area contributed by atoms with Gasteiger partial charge < -0.3 is 5.32 Å². The van der Waals surface area contributed by atoms with Crippen molar-refractivity contribution in [3.63, 3.8) is 0 Å². The van der Waals surface area contributed by atoms with Gasteiger partial charge in [-0.15, -0.1) is 0 Å². The van der Waals surface area contributed by atoms with Crippen LogP contribution in [0.4, 0.5) is 10.1 Å². The molecule has 2 aromatic rings. The summed E-state index contributed by atoms with van der Waals surface area (Å²) in [7, 11) is 0. The maximum atomic E-state index is 13.5. The molecule has 0 aliphatic heterocycles. The Labute approximate surface area is 128 Å². The fraction of sp³-hybridized carbons (Fsp3) is 0.143. The molecule has 0 saturated carbocycles. The van der Waals surface area contributed by atoms with E-state index in [-0.39, 0.29) is 11.9 Å². The summed E-state index contributed by atoms with van der Waals surface area (Å²) in [5.41, 5.74) is 1.97. The highest BCUT2D eigenvalue weighted by atomic mass is 127. The van der Waals surface area contributed by atoms with E-state index >= 15 is 0 Å². The first-order chi connectivity index (χ1) is 8.59. The molecule has 0 amide bonds. The predicted molar refractivity (Wildman–Crippen MR) is 85.3 cm³/mol. The molecule has 0 bridgehead atoms. The van der Waals surface area contributed by atoms with Crippen LogP contribution >= 0.6 is 38.5 Å². The monoisotopic (exact) mass is 419 g/mol. The lowest BCUT2D eigenvalue weighted by molar-refractivity contribution is 0.620. The highest BCUT2D eigenvalue weighted by Crippen LogP contribution is 2.28. The van der Waals surface area contributed by atoms with Gasteiger partial charge in [0.05, 0.1) is 9.26 Å². The van der Waals surface area contributed by atoms with Gasteiger partial charge in [-0.05, 0) is 53.3 Å². The SMILES string of the molecule is CC(Nc1cccc(F)c1I)c1ccccc1Br. The van der Waals surface area contributed by atoms with Gasteiger partial charge in [-0.1, -0.05) is 40.2 Å². The van der Waals surface area contributed by atoms with Gasteiger partial charge in [0, 0.05) is 10.5 Å². The Hall–Kier alpha value is -0.620.